The molecule has 1 heterocycles. The number of halogens is 1. The van der Waals surface area contributed by atoms with E-state index in [0.29, 0.717) is 0 Å². The number of hydrogen-bond donors (Lipinski definition) is 1. The van der Waals surface area contributed by atoms with Crippen LogP contribution in [-0.2, 0) is 0 Å². The summed E-state index contributed by atoms with van der Waals surface area (Å²) < 4.78 is 0. The molecule has 1 saturated heterocycles. The molecule has 1 aromatic carbocycles. The predicted octanol–water partition coefficient (Wildman–Crippen LogP) is 1.87. The molecule has 1 fully saturated rings. The first-order chi connectivity index (χ1) is 7.36. The Hall–Kier alpha value is -0.570. The maximum Gasteiger partial charge on any atom is 0.0712 e. The summed E-state index contributed by atoms with van der Waals surface area (Å²) in [5, 5.41) is 3.46. The van der Waals surface area contributed by atoms with Crippen molar-refractivity contribution in [3.8, 4) is 0 Å². The smallest absolute Gasteiger partial charge is 0.0712 e. The highest BCUT2D eigenvalue weighted by Gasteiger charge is 2.15. The van der Waals surface area contributed by atoms with Gasteiger partial charge in [-0.15, -0.1) is 11.6 Å². The van der Waals surface area contributed by atoms with Gasteiger partial charge in [-0.25, -0.2) is 0 Å². The standard InChI is InChI=1S/C12H17ClN2/c13-12(11-4-2-1-3-5-11)10-15-8-6-14-7-9-15/h1-5,12,14H,6-10H2. The first kappa shape index (κ1) is 10.9. The van der Waals surface area contributed by atoms with Gasteiger partial charge in [0.2, 0.25) is 0 Å². The van der Waals surface area contributed by atoms with Gasteiger partial charge in [-0.1, -0.05) is 30.3 Å². The van der Waals surface area contributed by atoms with E-state index < -0.39 is 0 Å². The van der Waals surface area contributed by atoms with Gasteiger partial charge in [0, 0.05) is 32.7 Å². The summed E-state index contributed by atoms with van der Waals surface area (Å²) in [5.41, 5.74) is 1.22. The molecule has 1 atom stereocenters. The van der Waals surface area contributed by atoms with Gasteiger partial charge in [-0.05, 0) is 5.56 Å². The van der Waals surface area contributed by atoms with Crippen LogP contribution in [0.4, 0.5) is 0 Å². The maximum absolute atomic E-state index is 6.38. The Bertz CT molecular complexity index is 283. The highest BCUT2D eigenvalue weighted by Crippen LogP contribution is 2.21. The van der Waals surface area contributed by atoms with Crippen LogP contribution in [0.5, 0.6) is 0 Å². The lowest BCUT2D eigenvalue weighted by Crippen LogP contribution is -2.44. The van der Waals surface area contributed by atoms with E-state index in [9.17, 15) is 0 Å². The topological polar surface area (TPSA) is 15.3 Å². The summed E-state index contributed by atoms with van der Waals surface area (Å²) >= 11 is 6.38. The van der Waals surface area contributed by atoms with Crippen molar-refractivity contribution in [2.24, 2.45) is 0 Å². The molecule has 0 aromatic heterocycles. The summed E-state index contributed by atoms with van der Waals surface area (Å²) in [7, 11) is 0. The molecule has 1 N–H and O–H groups in total. The van der Waals surface area contributed by atoms with E-state index in [1.54, 1.807) is 0 Å². The summed E-state index contributed by atoms with van der Waals surface area (Å²) in [6.45, 7) is 5.33. The third-order valence-electron chi connectivity index (χ3n) is 2.79. The van der Waals surface area contributed by atoms with Gasteiger partial charge in [0.25, 0.3) is 0 Å². The third-order valence-corrected chi connectivity index (χ3v) is 3.18. The van der Waals surface area contributed by atoms with E-state index in [1.807, 2.05) is 18.2 Å². The maximum atomic E-state index is 6.38. The molecule has 3 heteroatoms. The van der Waals surface area contributed by atoms with Gasteiger partial charge in [-0.3, -0.25) is 4.90 Å². The molecule has 0 amide bonds. The van der Waals surface area contributed by atoms with Crippen LogP contribution in [0.15, 0.2) is 30.3 Å². The first-order valence-electron chi connectivity index (χ1n) is 5.48. The second kappa shape index (κ2) is 5.50. The van der Waals surface area contributed by atoms with Crippen LogP contribution in [-0.4, -0.2) is 37.6 Å². The minimum Gasteiger partial charge on any atom is -0.314 e. The van der Waals surface area contributed by atoms with E-state index in [0.717, 1.165) is 32.7 Å². The van der Waals surface area contributed by atoms with Crippen molar-refractivity contribution >= 4 is 11.6 Å². The van der Waals surface area contributed by atoms with E-state index in [4.69, 9.17) is 11.6 Å². The van der Waals surface area contributed by atoms with Crippen LogP contribution >= 0.6 is 11.6 Å². The van der Waals surface area contributed by atoms with Gasteiger partial charge in [0.05, 0.1) is 5.38 Å². The normalized spacial score (nSPS) is 20.1. The van der Waals surface area contributed by atoms with Crippen LogP contribution < -0.4 is 5.32 Å². The minimum atomic E-state index is 0.115. The Morgan fingerprint density at radius 1 is 1.20 bits per heavy atom. The van der Waals surface area contributed by atoms with E-state index >= 15 is 0 Å². The second-order valence-electron chi connectivity index (χ2n) is 3.93. The Labute approximate surface area is 96.2 Å². The van der Waals surface area contributed by atoms with Crippen LogP contribution in [0, 0.1) is 0 Å². The highest BCUT2D eigenvalue weighted by molar-refractivity contribution is 6.21. The van der Waals surface area contributed by atoms with Crippen LogP contribution in [0.25, 0.3) is 0 Å². The zero-order valence-electron chi connectivity index (χ0n) is 8.82. The fraction of sp³-hybridized carbons (Fsp3) is 0.500. The molecule has 0 aliphatic carbocycles. The number of hydrogen-bond acceptors (Lipinski definition) is 2. The van der Waals surface area contributed by atoms with Crippen molar-refractivity contribution in [3.63, 3.8) is 0 Å². The Kier molecular flexibility index (Phi) is 4.01. The predicted molar refractivity (Wildman–Crippen MR) is 64.3 cm³/mol. The lowest BCUT2D eigenvalue weighted by Gasteiger charge is -2.28. The molecular weight excluding hydrogens is 208 g/mol. The SMILES string of the molecule is ClC(CN1CCNCC1)c1ccccc1. The molecule has 15 heavy (non-hydrogen) atoms. The summed E-state index contributed by atoms with van der Waals surface area (Å²) in [5.74, 6) is 0. The molecule has 82 valence electrons. The van der Waals surface area contributed by atoms with E-state index in [2.05, 4.69) is 22.3 Å². The fourth-order valence-corrected chi connectivity index (χ4v) is 2.23. The van der Waals surface area contributed by atoms with Crippen molar-refractivity contribution in [2.45, 2.75) is 5.38 Å². The molecule has 0 spiro atoms. The minimum absolute atomic E-state index is 0.115. The molecule has 1 aliphatic rings. The van der Waals surface area contributed by atoms with Crippen LogP contribution in [0.1, 0.15) is 10.9 Å². The first-order valence-corrected chi connectivity index (χ1v) is 5.92. The van der Waals surface area contributed by atoms with Gasteiger partial charge in [0.15, 0.2) is 0 Å². The number of nitrogens with zero attached hydrogens (tertiary/aromatic N) is 1. The molecule has 1 aliphatic heterocycles. The number of piperazine rings is 1. The van der Waals surface area contributed by atoms with Crippen LogP contribution in [0.2, 0.25) is 0 Å². The Morgan fingerprint density at radius 3 is 2.53 bits per heavy atom. The number of alkyl halides is 1. The van der Waals surface area contributed by atoms with Crippen LogP contribution in [0.3, 0.4) is 0 Å². The average Bonchev–Trinajstić information content (AvgIpc) is 2.31. The summed E-state index contributed by atoms with van der Waals surface area (Å²) in [6, 6.07) is 10.3. The van der Waals surface area contributed by atoms with Crippen molar-refractivity contribution in [2.75, 3.05) is 32.7 Å². The molecule has 1 aromatic rings. The summed E-state index contributed by atoms with van der Waals surface area (Å²) in [6.07, 6.45) is 0. The molecule has 2 rings (SSSR count). The van der Waals surface area contributed by atoms with Crippen molar-refractivity contribution < 1.29 is 0 Å². The number of benzene rings is 1. The van der Waals surface area contributed by atoms with Crippen molar-refractivity contribution in [3.05, 3.63) is 35.9 Å². The van der Waals surface area contributed by atoms with Crippen molar-refractivity contribution in [1.82, 2.24) is 10.2 Å². The molecule has 0 radical (unpaired) electrons. The zero-order chi connectivity index (χ0) is 10.5. The van der Waals surface area contributed by atoms with Gasteiger partial charge >= 0.3 is 0 Å². The molecular formula is C12H17ClN2. The molecule has 0 bridgehead atoms. The second-order valence-corrected chi connectivity index (χ2v) is 4.46. The van der Waals surface area contributed by atoms with E-state index in [-0.39, 0.29) is 5.38 Å². The lowest BCUT2D eigenvalue weighted by atomic mass is 10.1. The monoisotopic (exact) mass is 224 g/mol. The van der Waals surface area contributed by atoms with Gasteiger partial charge in [-0.2, -0.15) is 0 Å². The quantitative estimate of drug-likeness (QED) is 0.789. The Balaban J connectivity index is 1.88. The van der Waals surface area contributed by atoms with Gasteiger partial charge in [0.1, 0.15) is 0 Å². The Morgan fingerprint density at radius 2 is 1.87 bits per heavy atom. The number of rotatable bonds is 3. The zero-order valence-corrected chi connectivity index (χ0v) is 9.58. The molecule has 0 saturated carbocycles. The largest absolute Gasteiger partial charge is 0.314 e. The van der Waals surface area contributed by atoms with E-state index in [1.165, 1.54) is 5.56 Å². The molecule has 1 unspecified atom stereocenters. The third kappa shape index (κ3) is 3.20. The average molecular weight is 225 g/mol. The van der Waals surface area contributed by atoms with Gasteiger partial charge < -0.3 is 5.32 Å². The highest BCUT2D eigenvalue weighted by atomic mass is 35.5. The molecule has 2 nitrogen and oxygen atoms in total. The fourth-order valence-electron chi connectivity index (χ4n) is 1.89. The lowest BCUT2D eigenvalue weighted by molar-refractivity contribution is 0.241. The summed E-state index contributed by atoms with van der Waals surface area (Å²) in [4.78, 5) is 2.42. The van der Waals surface area contributed by atoms with Crippen molar-refractivity contribution in [1.29, 1.82) is 0 Å². The number of nitrogens with one attached hydrogen (secondary N) is 1.